The number of aromatic nitrogens is 2. The third kappa shape index (κ3) is 5.54. The number of halogens is 1. The van der Waals surface area contributed by atoms with Gasteiger partial charge in [0.1, 0.15) is 11.5 Å². The molecule has 7 rings (SSSR count). The van der Waals surface area contributed by atoms with Gasteiger partial charge in [0, 0.05) is 68.1 Å². The molecule has 2 N–H and O–H groups in total. The molecule has 0 bridgehead atoms. The average molecular weight is 606 g/mol. The highest BCUT2D eigenvalue weighted by molar-refractivity contribution is 5.84. The third-order valence-electron chi connectivity index (χ3n) is 9.11. The summed E-state index contributed by atoms with van der Waals surface area (Å²) < 4.78 is 18.1. The highest BCUT2D eigenvalue weighted by Crippen LogP contribution is 2.41. The van der Waals surface area contributed by atoms with Crippen molar-refractivity contribution in [2.75, 3.05) is 43.4 Å². The molecule has 9 heteroatoms. The van der Waals surface area contributed by atoms with E-state index in [9.17, 15) is 14.7 Å². The summed E-state index contributed by atoms with van der Waals surface area (Å²) in [5, 5.41) is 14.5. The molecule has 5 aromatic rings. The molecule has 1 aliphatic carbocycles. The van der Waals surface area contributed by atoms with Crippen molar-refractivity contribution in [3.05, 3.63) is 117 Å². The number of nitrogens with one attached hydrogen (secondary N) is 1. The van der Waals surface area contributed by atoms with E-state index in [1.165, 1.54) is 15.2 Å². The molecule has 45 heavy (non-hydrogen) atoms. The lowest BCUT2D eigenvalue weighted by Crippen LogP contribution is -2.44. The van der Waals surface area contributed by atoms with Crippen LogP contribution in [0.4, 0.5) is 21.5 Å². The molecule has 0 radical (unpaired) electrons. The Morgan fingerprint density at radius 3 is 2.38 bits per heavy atom. The summed E-state index contributed by atoms with van der Waals surface area (Å²) in [5.41, 5.74) is 4.86. The maximum atomic E-state index is 15.2. The second kappa shape index (κ2) is 11.6. The van der Waals surface area contributed by atoms with E-state index in [0.717, 1.165) is 56.0 Å². The van der Waals surface area contributed by atoms with Crippen LogP contribution in [0.1, 0.15) is 29.9 Å². The van der Waals surface area contributed by atoms with Crippen LogP contribution in [0.25, 0.3) is 27.6 Å². The first-order valence-corrected chi connectivity index (χ1v) is 15.4. The molecule has 3 aromatic carbocycles. The van der Waals surface area contributed by atoms with Crippen molar-refractivity contribution in [3.63, 3.8) is 0 Å². The molecule has 3 heterocycles. The van der Waals surface area contributed by atoms with Crippen molar-refractivity contribution in [2.24, 2.45) is 7.05 Å². The standard InChI is InChI=1S/C36H36FN5O3/c1-39-14-16-41(17-15-39)28-10-8-27(9-11-28)38-32-20-26(21-40(2)35(32)44)29-4-3-5-33(30(29)22-43)42-13-12-24-18-25(23-6-7-23)19-31(37)34(24)36(42)45/h3-5,8-13,18-21,23,38,43H,6-7,14-17,22H2,1-2H3. The molecule has 1 saturated heterocycles. The summed E-state index contributed by atoms with van der Waals surface area (Å²) >= 11 is 0. The van der Waals surface area contributed by atoms with Crippen LogP contribution < -0.4 is 21.3 Å². The quantitative estimate of drug-likeness (QED) is 0.260. The van der Waals surface area contributed by atoms with Crippen LogP contribution in [0.15, 0.2) is 88.7 Å². The van der Waals surface area contributed by atoms with E-state index in [2.05, 4.69) is 34.3 Å². The van der Waals surface area contributed by atoms with E-state index in [4.69, 9.17) is 0 Å². The summed E-state index contributed by atoms with van der Waals surface area (Å²) in [7, 11) is 3.81. The number of pyridine rings is 2. The fourth-order valence-corrected chi connectivity index (χ4v) is 6.35. The van der Waals surface area contributed by atoms with E-state index in [0.29, 0.717) is 39.4 Å². The second-order valence-corrected chi connectivity index (χ2v) is 12.2. The Morgan fingerprint density at radius 1 is 0.911 bits per heavy atom. The topological polar surface area (TPSA) is 82.7 Å². The first-order valence-electron chi connectivity index (χ1n) is 15.4. The van der Waals surface area contributed by atoms with Crippen LogP contribution >= 0.6 is 0 Å². The maximum absolute atomic E-state index is 15.2. The highest BCUT2D eigenvalue weighted by atomic mass is 19.1. The van der Waals surface area contributed by atoms with Gasteiger partial charge in [-0.1, -0.05) is 18.2 Å². The number of hydrogen-bond acceptors (Lipinski definition) is 6. The molecule has 0 atom stereocenters. The lowest BCUT2D eigenvalue weighted by atomic mass is 9.98. The van der Waals surface area contributed by atoms with Crippen molar-refractivity contribution in [1.82, 2.24) is 14.0 Å². The van der Waals surface area contributed by atoms with Crippen LogP contribution in [0, 0.1) is 5.82 Å². The largest absolute Gasteiger partial charge is 0.392 e. The zero-order valence-corrected chi connectivity index (χ0v) is 25.5. The Labute approximate surface area is 260 Å². The number of rotatable bonds is 7. The van der Waals surface area contributed by atoms with Gasteiger partial charge >= 0.3 is 0 Å². The molecule has 1 aliphatic heterocycles. The van der Waals surface area contributed by atoms with Crippen LogP contribution in [0.2, 0.25) is 0 Å². The van der Waals surface area contributed by atoms with E-state index < -0.39 is 11.4 Å². The van der Waals surface area contributed by atoms with Gasteiger partial charge in [-0.2, -0.15) is 0 Å². The Hall–Kier alpha value is -4.73. The predicted molar refractivity (Wildman–Crippen MR) is 178 cm³/mol. The predicted octanol–water partition coefficient (Wildman–Crippen LogP) is 5.36. The smallest absolute Gasteiger partial charge is 0.274 e. The monoisotopic (exact) mass is 605 g/mol. The minimum absolute atomic E-state index is 0.0310. The molecule has 0 amide bonds. The number of benzene rings is 3. The van der Waals surface area contributed by atoms with Crippen LogP contribution in [0.3, 0.4) is 0 Å². The number of nitrogens with zero attached hydrogens (tertiary/aromatic N) is 4. The highest BCUT2D eigenvalue weighted by Gasteiger charge is 2.25. The van der Waals surface area contributed by atoms with Gasteiger partial charge in [0.15, 0.2) is 0 Å². The van der Waals surface area contributed by atoms with Crippen molar-refractivity contribution in [3.8, 4) is 16.8 Å². The van der Waals surface area contributed by atoms with Crippen molar-refractivity contribution >= 4 is 27.8 Å². The van der Waals surface area contributed by atoms with Crippen molar-refractivity contribution in [2.45, 2.75) is 25.4 Å². The number of piperazine rings is 1. The zero-order chi connectivity index (χ0) is 31.2. The Kier molecular flexibility index (Phi) is 7.51. The minimum atomic E-state index is -0.527. The number of aryl methyl sites for hydroxylation is 1. The Balaban J connectivity index is 1.23. The SMILES string of the molecule is CN1CCN(c2ccc(Nc3cc(-c4cccc(-n5ccc6cc(C7CC7)cc(F)c6c5=O)c4CO)cn(C)c3=O)cc2)CC1. The summed E-state index contributed by atoms with van der Waals surface area (Å²) in [5.74, 6) is -0.160. The summed E-state index contributed by atoms with van der Waals surface area (Å²) in [4.78, 5) is 31.5. The molecule has 8 nitrogen and oxygen atoms in total. The fourth-order valence-electron chi connectivity index (χ4n) is 6.35. The average Bonchev–Trinajstić information content (AvgIpc) is 3.89. The molecule has 1 saturated carbocycles. The Bertz CT molecular complexity index is 2020. The molecule has 2 fully saturated rings. The van der Waals surface area contributed by atoms with Crippen LogP contribution in [-0.4, -0.2) is 52.4 Å². The number of fused-ring (bicyclic) bond motifs is 1. The van der Waals surface area contributed by atoms with Crippen molar-refractivity contribution in [1.29, 1.82) is 0 Å². The number of anilines is 3. The molecule has 0 spiro atoms. The molecule has 2 aliphatic rings. The summed E-state index contributed by atoms with van der Waals surface area (Å²) in [6.07, 6.45) is 5.43. The van der Waals surface area contributed by atoms with Gasteiger partial charge < -0.3 is 24.8 Å². The van der Waals surface area contributed by atoms with E-state index in [-0.39, 0.29) is 17.6 Å². The zero-order valence-electron chi connectivity index (χ0n) is 25.5. The molecule has 2 aromatic heterocycles. The van der Waals surface area contributed by atoms with E-state index in [1.54, 1.807) is 43.7 Å². The maximum Gasteiger partial charge on any atom is 0.274 e. The number of hydrogen-bond donors (Lipinski definition) is 2. The van der Waals surface area contributed by atoms with Gasteiger partial charge in [0.25, 0.3) is 11.1 Å². The Morgan fingerprint density at radius 2 is 1.67 bits per heavy atom. The van der Waals surface area contributed by atoms with Crippen molar-refractivity contribution < 1.29 is 9.50 Å². The molecular formula is C36H36FN5O3. The summed E-state index contributed by atoms with van der Waals surface area (Å²) in [6.45, 7) is 3.62. The van der Waals surface area contributed by atoms with Crippen LogP contribution in [-0.2, 0) is 13.7 Å². The minimum Gasteiger partial charge on any atom is -0.392 e. The third-order valence-corrected chi connectivity index (χ3v) is 9.11. The first-order chi connectivity index (χ1) is 21.8. The van der Waals surface area contributed by atoms with E-state index in [1.807, 2.05) is 24.3 Å². The molecular weight excluding hydrogens is 569 g/mol. The van der Waals surface area contributed by atoms with Gasteiger partial charge in [-0.15, -0.1) is 0 Å². The fraction of sp³-hybridized carbons (Fsp3) is 0.278. The lowest BCUT2D eigenvalue weighted by Gasteiger charge is -2.34. The number of likely N-dealkylation sites (N-methyl/N-ethyl adjacent to an activating group) is 1. The van der Waals surface area contributed by atoms with E-state index >= 15 is 4.39 Å². The van der Waals surface area contributed by atoms with Crippen LogP contribution in [0.5, 0.6) is 0 Å². The lowest BCUT2D eigenvalue weighted by molar-refractivity contribution is 0.282. The normalized spacial score (nSPS) is 15.5. The van der Waals surface area contributed by atoms with Gasteiger partial charge in [-0.05, 0) is 90.9 Å². The molecule has 0 unspecified atom stereocenters. The summed E-state index contributed by atoms with van der Waals surface area (Å²) in [6, 6.07) is 20.3. The second-order valence-electron chi connectivity index (χ2n) is 12.2. The van der Waals surface area contributed by atoms with Gasteiger partial charge in [-0.25, -0.2) is 4.39 Å². The molecule has 230 valence electrons. The van der Waals surface area contributed by atoms with Gasteiger partial charge in [0.05, 0.1) is 17.7 Å². The number of aliphatic hydroxyl groups excluding tert-OH is 1. The first kappa shape index (κ1) is 29.0. The number of aliphatic hydroxyl groups is 1. The van der Waals surface area contributed by atoms with Gasteiger partial charge in [0.2, 0.25) is 0 Å². The van der Waals surface area contributed by atoms with Gasteiger partial charge in [-0.3, -0.25) is 14.2 Å².